The van der Waals surface area contributed by atoms with Gasteiger partial charge >= 0.3 is 0 Å². The van der Waals surface area contributed by atoms with Crippen molar-refractivity contribution in [3.63, 3.8) is 0 Å². The van der Waals surface area contributed by atoms with Gasteiger partial charge in [0.1, 0.15) is 6.04 Å². The van der Waals surface area contributed by atoms with E-state index in [1.165, 1.54) is 4.90 Å². The molecule has 0 spiro atoms. The zero-order valence-electron chi connectivity index (χ0n) is 14.9. The summed E-state index contributed by atoms with van der Waals surface area (Å²) in [5.74, 6) is -0.0897. The molecule has 0 bridgehead atoms. The van der Waals surface area contributed by atoms with Gasteiger partial charge in [0.05, 0.1) is 6.04 Å². The predicted molar refractivity (Wildman–Crippen MR) is 100 cm³/mol. The van der Waals surface area contributed by atoms with Crippen molar-refractivity contribution in [1.29, 1.82) is 0 Å². The van der Waals surface area contributed by atoms with Gasteiger partial charge in [0.15, 0.2) is 0 Å². The van der Waals surface area contributed by atoms with Crippen LogP contribution < -0.4 is 0 Å². The molecule has 2 fully saturated rings. The second-order valence-electron chi connectivity index (χ2n) is 7.13. The lowest BCUT2D eigenvalue weighted by molar-refractivity contribution is -0.163. The molecule has 134 valence electrons. The Hall–Kier alpha value is -2.46. The van der Waals surface area contributed by atoms with Crippen molar-refractivity contribution < 1.29 is 9.59 Å². The Morgan fingerprint density at radius 3 is 2.27 bits per heavy atom. The predicted octanol–water partition coefficient (Wildman–Crippen LogP) is 3.19. The average Bonchev–Trinajstić information content (AvgIpc) is 2.70. The number of amides is 2. The van der Waals surface area contributed by atoms with E-state index in [0.29, 0.717) is 13.0 Å². The maximum Gasteiger partial charge on any atom is 0.251 e. The lowest BCUT2D eigenvalue weighted by Crippen LogP contribution is -2.62. The van der Waals surface area contributed by atoms with E-state index in [9.17, 15) is 9.59 Å². The summed E-state index contributed by atoms with van der Waals surface area (Å²) in [6.45, 7) is 1.27. The number of piperidine rings is 1. The SMILES string of the molecule is O=C1[C@H](c2ccccc2)N2CCCC[C@H]2C(=O)N1CCc1ccccc1. The molecule has 2 saturated heterocycles. The van der Waals surface area contributed by atoms with E-state index < -0.39 is 0 Å². The maximum absolute atomic E-state index is 13.3. The number of rotatable bonds is 4. The molecule has 2 amide bonds. The maximum atomic E-state index is 13.3. The third-order valence-corrected chi connectivity index (χ3v) is 5.51. The van der Waals surface area contributed by atoms with Crippen LogP contribution in [0, 0.1) is 0 Å². The van der Waals surface area contributed by atoms with Gasteiger partial charge in [-0.15, -0.1) is 0 Å². The molecule has 2 aromatic carbocycles. The van der Waals surface area contributed by atoms with Gasteiger partial charge in [0.2, 0.25) is 5.91 Å². The summed E-state index contributed by atoms with van der Waals surface area (Å²) in [7, 11) is 0. The van der Waals surface area contributed by atoms with Gasteiger partial charge in [-0.3, -0.25) is 19.4 Å². The fraction of sp³-hybridized carbons (Fsp3) is 0.364. The second-order valence-corrected chi connectivity index (χ2v) is 7.13. The first-order chi connectivity index (χ1) is 12.8. The summed E-state index contributed by atoms with van der Waals surface area (Å²) in [4.78, 5) is 29.9. The highest BCUT2D eigenvalue weighted by Gasteiger charge is 2.47. The van der Waals surface area contributed by atoms with Crippen molar-refractivity contribution in [2.75, 3.05) is 13.1 Å². The molecule has 0 aliphatic carbocycles. The molecule has 0 N–H and O–H groups in total. The van der Waals surface area contributed by atoms with Gasteiger partial charge in [-0.05, 0) is 30.4 Å². The Kier molecular flexibility index (Phi) is 4.85. The van der Waals surface area contributed by atoms with E-state index in [1.807, 2.05) is 60.7 Å². The van der Waals surface area contributed by atoms with Gasteiger partial charge in [0, 0.05) is 13.1 Å². The minimum atomic E-state index is -0.338. The molecule has 2 atom stereocenters. The van der Waals surface area contributed by atoms with Gasteiger partial charge in [0.25, 0.3) is 5.91 Å². The van der Waals surface area contributed by atoms with Crippen LogP contribution in [-0.2, 0) is 16.0 Å². The van der Waals surface area contributed by atoms with Crippen LogP contribution >= 0.6 is 0 Å². The molecule has 2 aliphatic rings. The van der Waals surface area contributed by atoms with E-state index in [2.05, 4.69) is 4.90 Å². The van der Waals surface area contributed by atoms with Gasteiger partial charge in [-0.1, -0.05) is 67.1 Å². The van der Waals surface area contributed by atoms with Crippen LogP contribution in [0.3, 0.4) is 0 Å². The third-order valence-electron chi connectivity index (χ3n) is 5.51. The van der Waals surface area contributed by atoms with Crippen LogP contribution in [0.5, 0.6) is 0 Å². The number of carbonyl (C=O) groups is 2. The lowest BCUT2D eigenvalue weighted by atomic mass is 9.91. The van der Waals surface area contributed by atoms with E-state index in [0.717, 1.165) is 36.9 Å². The molecular formula is C22H24N2O2. The average molecular weight is 348 g/mol. The van der Waals surface area contributed by atoms with Crippen molar-refractivity contribution in [2.45, 2.75) is 37.8 Å². The Balaban J connectivity index is 1.61. The molecule has 4 rings (SSSR count). The Bertz CT molecular complexity index is 775. The van der Waals surface area contributed by atoms with Crippen LogP contribution in [0.4, 0.5) is 0 Å². The van der Waals surface area contributed by atoms with E-state index >= 15 is 0 Å². The van der Waals surface area contributed by atoms with E-state index in [-0.39, 0.29) is 23.9 Å². The molecule has 4 nitrogen and oxygen atoms in total. The number of carbonyl (C=O) groups excluding carboxylic acids is 2. The van der Waals surface area contributed by atoms with Crippen LogP contribution in [0.15, 0.2) is 60.7 Å². The number of fused-ring (bicyclic) bond motifs is 1. The smallest absolute Gasteiger partial charge is 0.251 e. The molecule has 26 heavy (non-hydrogen) atoms. The van der Waals surface area contributed by atoms with Crippen molar-refractivity contribution in [3.05, 3.63) is 71.8 Å². The summed E-state index contributed by atoms with van der Waals surface area (Å²) in [6.07, 6.45) is 3.64. The van der Waals surface area contributed by atoms with Crippen molar-refractivity contribution >= 4 is 11.8 Å². The standard InChI is InChI=1S/C22H24N2O2/c25-21-19-13-7-8-15-23(19)20(18-11-5-2-6-12-18)22(26)24(21)16-14-17-9-3-1-4-10-17/h1-6,9-12,19-20H,7-8,13-16H2/t19-,20-/m0/s1. The first-order valence-electron chi connectivity index (χ1n) is 9.45. The summed E-state index contributed by atoms with van der Waals surface area (Å²) >= 11 is 0. The number of imide groups is 1. The highest BCUT2D eigenvalue weighted by atomic mass is 16.2. The number of benzene rings is 2. The lowest BCUT2D eigenvalue weighted by Gasteiger charge is -2.47. The Morgan fingerprint density at radius 1 is 0.846 bits per heavy atom. The second kappa shape index (κ2) is 7.42. The molecule has 0 saturated carbocycles. The normalized spacial score (nSPS) is 23.8. The fourth-order valence-corrected chi connectivity index (χ4v) is 4.18. The number of piperazine rings is 1. The van der Waals surface area contributed by atoms with E-state index in [1.54, 1.807) is 0 Å². The molecule has 0 unspecified atom stereocenters. The molecule has 2 aliphatic heterocycles. The highest BCUT2D eigenvalue weighted by molar-refractivity contribution is 6.03. The number of hydrogen-bond acceptors (Lipinski definition) is 3. The summed E-state index contributed by atoms with van der Waals surface area (Å²) in [5, 5.41) is 0. The summed E-state index contributed by atoms with van der Waals surface area (Å²) < 4.78 is 0. The van der Waals surface area contributed by atoms with Crippen LogP contribution in [0.25, 0.3) is 0 Å². The highest BCUT2D eigenvalue weighted by Crippen LogP contribution is 2.35. The number of hydrogen-bond donors (Lipinski definition) is 0. The Labute approximate surface area is 154 Å². The fourth-order valence-electron chi connectivity index (χ4n) is 4.18. The quantitative estimate of drug-likeness (QED) is 0.797. The molecule has 2 aromatic rings. The van der Waals surface area contributed by atoms with Crippen LogP contribution in [0.1, 0.15) is 36.4 Å². The van der Waals surface area contributed by atoms with Gasteiger partial charge in [-0.2, -0.15) is 0 Å². The van der Waals surface area contributed by atoms with Crippen LogP contribution in [-0.4, -0.2) is 40.7 Å². The van der Waals surface area contributed by atoms with Crippen molar-refractivity contribution in [2.24, 2.45) is 0 Å². The molecule has 0 radical (unpaired) electrons. The minimum absolute atomic E-state index is 0.0159. The third kappa shape index (κ3) is 3.17. The number of nitrogens with zero attached hydrogens (tertiary/aromatic N) is 2. The van der Waals surface area contributed by atoms with Crippen molar-refractivity contribution in [1.82, 2.24) is 9.80 Å². The van der Waals surface area contributed by atoms with Crippen LogP contribution in [0.2, 0.25) is 0 Å². The molecule has 4 heteroatoms. The molecular weight excluding hydrogens is 324 g/mol. The zero-order chi connectivity index (χ0) is 17.9. The Morgan fingerprint density at radius 2 is 1.54 bits per heavy atom. The van der Waals surface area contributed by atoms with E-state index in [4.69, 9.17) is 0 Å². The first kappa shape index (κ1) is 17.0. The van der Waals surface area contributed by atoms with Gasteiger partial charge in [-0.25, -0.2) is 0 Å². The van der Waals surface area contributed by atoms with Crippen molar-refractivity contribution in [3.8, 4) is 0 Å². The largest absolute Gasteiger partial charge is 0.279 e. The monoisotopic (exact) mass is 348 g/mol. The minimum Gasteiger partial charge on any atom is -0.279 e. The zero-order valence-corrected chi connectivity index (χ0v) is 14.9. The molecule has 0 aromatic heterocycles. The first-order valence-corrected chi connectivity index (χ1v) is 9.45. The summed E-state index contributed by atoms with van der Waals surface area (Å²) in [6, 6.07) is 19.4. The van der Waals surface area contributed by atoms with Gasteiger partial charge < -0.3 is 0 Å². The topological polar surface area (TPSA) is 40.6 Å². The molecule has 2 heterocycles. The summed E-state index contributed by atoms with van der Waals surface area (Å²) in [5.41, 5.74) is 2.14.